The molecular weight excluding hydrogens is 288 g/mol. The first kappa shape index (κ1) is 15.3. The molecule has 0 atom stereocenters. The number of benzene rings is 2. The van der Waals surface area contributed by atoms with E-state index in [9.17, 15) is 4.79 Å². The monoisotopic (exact) mass is 308 g/mol. The number of rotatable bonds is 5. The van der Waals surface area contributed by atoms with Crippen LogP contribution < -0.4 is 0 Å². The summed E-state index contributed by atoms with van der Waals surface area (Å²) in [6.07, 6.45) is 1.91. The first-order valence-corrected chi connectivity index (χ1v) is 7.69. The van der Waals surface area contributed by atoms with Crippen molar-refractivity contribution in [3.05, 3.63) is 71.9 Å². The maximum absolute atomic E-state index is 12.6. The minimum absolute atomic E-state index is 0.0368. The molecule has 3 aromatic rings. The molecule has 0 fully saturated rings. The van der Waals surface area contributed by atoms with Gasteiger partial charge in [0.2, 0.25) is 0 Å². The molecule has 0 aliphatic rings. The summed E-state index contributed by atoms with van der Waals surface area (Å²) in [6.45, 7) is 1.01. The average Bonchev–Trinajstić information content (AvgIpc) is 2.94. The lowest BCUT2D eigenvalue weighted by Crippen LogP contribution is -2.29. The molecule has 4 heteroatoms. The summed E-state index contributed by atoms with van der Waals surface area (Å²) in [7, 11) is 1.71. The van der Waals surface area contributed by atoms with Crippen LogP contribution in [0.3, 0.4) is 0 Å². The second-order valence-corrected chi connectivity index (χ2v) is 5.62. The van der Waals surface area contributed by atoms with Crippen molar-refractivity contribution in [2.75, 3.05) is 20.2 Å². The third kappa shape index (κ3) is 3.12. The summed E-state index contributed by atoms with van der Waals surface area (Å²) in [4.78, 5) is 14.2. The molecule has 0 aliphatic heterocycles. The van der Waals surface area contributed by atoms with Gasteiger partial charge < -0.3 is 14.6 Å². The van der Waals surface area contributed by atoms with Gasteiger partial charge in [-0.05, 0) is 11.6 Å². The number of amides is 1. The first-order chi connectivity index (χ1) is 11.2. The van der Waals surface area contributed by atoms with E-state index < -0.39 is 0 Å². The molecule has 0 unspecified atom stereocenters. The minimum Gasteiger partial charge on any atom is -0.395 e. The van der Waals surface area contributed by atoms with Gasteiger partial charge in [0.1, 0.15) is 0 Å². The van der Waals surface area contributed by atoms with E-state index in [1.807, 2.05) is 48.7 Å². The molecule has 4 nitrogen and oxygen atoms in total. The van der Waals surface area contributed by atoms with Crippen molar-refractivity contribution in [1.82, 2.24) is 9.47 Å². The van der Waals surface area contributed by atoms with E-state index >= 15 is 0 Å². The second-order valence-electron chi connectivity index (χ2n) is 5.62. The van der Waals surface area contributed by atoms with E-state index in [-0.39, 0.29) is 12.5 Å². The van der Waals surface area contributed by atoms with Gasteiger partial charge in [0.25, 0.3) is 5.91 Å². The number of para-hydroxylation sites is 1. The van der Waals surface area contributed by atoms with Crippen LogP contribution >= 0.6 is 0 Å². The van der Waals surface area contributed by atoms with Crippen molar-refractivity contribution in [3.8, 4) is 0 Å². The fourth-order valence-corrected chi connectivity index (χ4v) is 2.79. The standard InChI is InChI=1S/C19H20N2O2/c1-20(11-12-22)19(23)17-14-21(13-15-7-3-2-4-8-15)18-10-6-5-9-16(17)18/h2-10,14,22H,11-13H2,1H3. The SMILES string of the molecule is CN(CCO)C(=O)c1cn(Cc2ccccc2)c2ccccc12. The van der Waals surface area contributed by atoms with Gasteiger partial charge in [-0.3, -0.25) is 4.79 Å². The maximum Gasteiger partial charge on any atom is 0.255 e. The lowest BCUT2D eigenvalue weighted by molar-refractivity contribution is 0.0768. The number of hydrogen-bond donors (Lipinski definition) is 1. The van der Waals surface area contributed by atoms with Gasteiger partial charge in [-0.25, -0.2) is 0 Å². The van der Waals surface area contributed by atoms with Crippen LogP contribution in [0.5, 0.6) is 0 Å². The highest BCUT2D eigenvalue weighted by atomic mass is 16.3. The number of carbonyl (C=O) groups excluding carboxylic acids is 1. The fourth-order valence-electron chi connectivity index (χ4n) is 2.79. The van der Waals surface area contributed by atoms with Crippen molar-refractivity contribution < 1.29 is 9.90 Å². The third-order valence-corrected chi connectivity index (χ3v) is 4.00. The quantitative estimate of drug-likeness (QED) is 0.788. The Morgan fingerprint density at radius 3 is 2.52 bits per heavy atom. The Bertz CT molecular complexity index is 809. The summed E-state index contributed by atoms with van der Waals surface area (Å²) >= 11 is 0. The number of hydrogen-bond acceptors (Lipinski definition) is 2. The summed E-state index contributed by atoms with van der Waals surface area (Å²) in [5, 5.41) is 9.99. The first-order valence-electron chi connectivity index (χ1n) is 7.69. The number of aromatic nitrogens is 1. The highest BCUT2D eigenvalue weighted by Crippen LogP contribution is 2.23. The molecule has 1 N–H and O–H groups in total. The average molecular weight is 308 g/mol. The van der Waals surface area contributed by atoms with Crippen LogP contribution in [-0.4, -0.2) is 40.7 Å². The van der Waals surface area contributed by atoms with Gasteiger partial charge in [0.05, 0.1) is 12.2 Å². The Labute approximate surface area is 135 Å². The smallest absolute Gasteiger partial charge is 0.255 e. The molecule has 0 radical (unpaired) electrons. The van der Waals surface area contributed by atoms with E-state index in [0.717, 1.165) is 17.4 Å². The van der Waals surface area contributed by atoms with Crippen LogP contribution in [0.15, 0.2) is 60.8 Å². The van der Waals surface area contributed by atoms with Crippen LogP contribution in [0, 0.1) is 0 Å². The normalized spacial score (nSPS) is 10.9. The number of aliphatic hydroxyl groups is 1. The molecule has 1 amide bonds. The van der Waals surface area contributed by atoms with Gasteiger partial charge >= 0.3 is 0 Å². The Morgan fingerprint density at radius 2 is 1.78 bits per heavy atom. The molecule has 1 heterocycles. The predicted molar refractivity (Wildman–Crippen MR) is 91.5 cm³/mol. The van der Waals surface area contributed by atoms with Crippen LogP contribution in [-0.2, 0) is 6.54 Å². The van der Waals surface area contributed by atoms with Crippen LogP contribution in [0.25, 0.3) is 10.9 Å². The Morgan fingerprint density at radius 1 is 1.09 bits per heavy atom. The van der Waals surface area contributed by atoms with Crippen molar-refractivity contribution in [3.63, 3.8) is 0 Å². The van der Waals surface area contributed by atoms with Crippen LogP contribution in [0.2, 0.25) is 0 Å². The van der Waals surface area contributed by atoms with Gasteiger partial charge in [0.15, 0.2) is 0 Å². The highest BCUT2D eigenvalue weighted by Gasteiger charge is 2.18. The van der Waals surface area contributed by atoms with Gasteiger partial charge in [-0.1, -0.05) is 48.5 Å². The lowest BCUT2D eigenvalue weighted by atomic mass is 10.1. The van der Waals surface area contributed by atoms with Crippen LogP contribution in [0.1, 0.15) is 15.9 Å². The predicted octanol–water partition coefficient (Wildman–Crippen LogP) is 2.75. The van der Waals surface area contributed by atoms with Crippen LogP contribution in [0.4, 0.5) is 0 Å². The number of carbonyl (C=O) groups is 1. The molecule has 2 aromatic carbocycles. The fraction of sp³-hybridized carbons (Fsp3) is 0.211. The molecular formula is C19H20N2O2. The molecule has 0 saturated heterocycles. The largest absolute Gasteiger partial charge is 0.395 e. The van der Waals surface area contributed by atoms with Crippen molar-refractivity contribution >= 4 is 16.8 Å². The maximum atomic E-state index is 12.6. The molecule has 0 aliphatic carbocycles. The van der Waals surface area contributed by atoms with Crippen molar-refractivity contribution in [1.29, 1.82) is 0 Å². The van der Waals surface area contributed by atoms with Gasteiger partial charge in [-0.2, -0.15) is 0 Å². The van der Waals surface area contributed by atoms with E-state index in [4.69, 9.17) is 5.11 Å². The number of fused-ring (bicyclic) bond motifs is 1. The zero-order valence-electron chi connectivity index (χ0n) is 13.1. The number of nitrogens with zero attached hydrogens (tertiary/aromatic N) is 2. The van der Waals surface area contributed by atoms with E-state index in [0.29, 0.717) is 12.1 Å². The summed E-state index contributed by atoms with van der Waals surface area (Å²) in [5.74, 6) is -0.0675. The second kappa shape index (κ2) is 6.67. The van der Waals surface area contributed by atoms with E-state index in [1.54, 1.807) is 11.9 Å². The summed E-state index contributed by atoms with van der Waals surface area (Å²) < 4.78 is 2.10. The molecule has 0 spiro atoms. The molecule has 118 valence electrons. The lowest BCUT2D eigenvalue weighted by Gasteiger charge is -2.14. The van der Waals surface area contributed by atoms with Crippen molar-refractivity contribution in [2.45, 2.75) is 6.54 Å². The number of aliphatic hydroxyl groups excluding tert-OH is 1. The number of likely N-dealkylation sites (N-methyl/N-ethyl adjacent to an activating group) is 1. The molecule has 1 aromatic heterocycles. The molecule has 0 saturated carbocycles. The minimum atomic E-state index is -0.0675. The van der Waals surface area contributed by atoms with Crippen molar-refractivity contribution in [2.24, 2.45) is 0 Å². The van der Waals surface area contributed by atoms with E-state index in [1.165, 1.54) is 5.56 Å². The third-order valence-electron chi connectivity index (χ3n) is 4.00. The topological polar surface area (TPSA) is 45.5 Å². The summed E-state index contributed by atoms with van der Waals surface area (Å²) in [6, 6.07) is 18.1. The zero-order chi connectivity index (χ0) is 16.2. The molecule has 3 rings (SSSR count). The van der Waals surface area contributed by atoms with Gasteiger partial charge in [-0.15, -0.1) is 0 Å². The van der Waals surface area contributed by atoms with E-state index in [2.05, 4.69) is 16.7 Å². The Hall–Kier alpha value is -2.59. The highest BCUT2D eigenvalue weighted by molar-refractivity contribution is 6.06. The Balaban J connectivity index is 2.01. The molecule has 23 heavy (non-hydrogen) atoms. The summed E-state index contributed by atoms with van der Waals surface area (Å²) in [5.41, 5.74) is 2.90. The molecule has 0 bridgehead atoms. The van der Waals surface area contributed by atoms with Gasteiger partial charge in [0, 0.05) is 37.2 Å². The Kier molecular flexibility index (Phi) is 4.44. The zero-order valence-corrected chi connectivity index (χ0v) is 13.1.